The minimum absolute atomic E-state index is 0.109. The van der Waals surface area contributed by atoms with Crippen LogP contribution in [0.2, 0.25) is 0 Å². The molecular formula is C28H23NO3S2. The van der Waals surface area contributed by atoms with Gasteiger partial charge in [-0.05, 0) is 61.4 Å². The van der Waals surface area contributed by atoms with Crippen LogP contribution in [0.25, 0.3) is 5.76 Å². The molecule has 2 aliphatic rings. The van der Waals surface area contributed by atoms with Crippen molar-refractivity contribution in [1.29, 1.82) is 0 Å². The molecule has 2 heterocycles. The summed E-state index contributed by atoms with van der Waals surface area (Å²) in [7, 11) is 0. The summed E-state index contributed by atoms with van der Waals surface area (Å²) in [6, 6.07) is 24.3. The first kappa shape index (κ1) is 22.4. The van der Waals surface area contributed by atoms with Gasteiger partial charge in [0.05, 0.1) is 11.5 Å². The Balaban J connectivity index is 1.76. The standard InChI is InChI=1S/C28H23NO3S2/c1-3-31-19-14-12-18(13-15-19)26-22(16-24-27(30)29-28(33)34-24)25(20-9-5-4-8-17(20)2)21-10-6-7-11-23(21)32-26/h4-16,25H,3H2,1-2H3,(H,29,30,33)/b24-16-/t25-/m0/s1. The molecule has 6 heteroatoms. The normalized spacial score (nSPS) is 18.5. The molecule has 0 saturated carbocycles. The van der Waals surface area contributed by atoms with E-state index in [1.54, 1.807) is 0 Å². The fourth-order valence-corrected chi connectivity index (χ4v) is 5.37. The monoisotopic (exact) mass is 485 g/mol. The van der Waals surface area contributed by atoms with Crippen LogP contribution < -0.4 is 14.8 Å². The fourth-order valence-electron chi connectivity index (χ4n) is 4.33. The zero-order valence-electron chi connectivity index (χ0n) is 18.8. The van der Waals surface area contributed by atoms with Gasteiger partial charge < -0.3 is 14.8 Å². The number of amides is 1. The summed E-state index contributed by atoms with van der Waals surface area (Å²) < 4.78 is 12.6. The molecular weight excluding hydrogens is 462 g/mol. The maximum Gasteiger partial charge on any atom is 0.263 e. The Labute approximate surface area is 208 Å². The van der Waals surface area contributed by atoms with E-state index in [0.717, 1.165) is 28.2 Å². The van der Waals surface area contributed by atoms with E-state index >= 15 is 0 Å². The number of para-hydroxylation sites is 1. The van der Waals surface area contributed by atoms with Crippen molar-refractivity contribution < 1.29 is 14.3 Å². The molecule has 0 aromatic heterocycles. The van der Waals surface area contributed by atoms with Crippen LogP contribution in [0.4, 0.5) is 0 Å². The Bertz CT molecular complexity index is 1340. The second-order valence-electron chi connectivity index (χ2n) is 8.02. The second kappa shape index (κ2) is 9.49. The maximum absolute atomic E-state index is 12.6. The summed E-state index contributed by atoms with van der Waals surface area (Å²) in [6.45, 7) is 4.68. The second-order valence-corrected chi connectivity index (χ2v) is 9.74. The number of rotatable bonds is 5. The van der Waals surface area contributed by atoms with E-state index in [9.17, 15) is 4.79 Å². The highest BCUT2D eigenvalue weighted by molar-refractivity contribution is 8.26. The van der Waals surface area contributed by atoms with E-state index in [0.29, 0.717) is 21.6 Å². The van der Waals surface area contributed by atoms with Gasteiger partial charge in [0.15, 0.2) is 0 Å². The van der Waals surface area contributed by atoms with Gasteiger partial charge >= 0.3 is 0 Å². The van der Waals surface area contributed by atoms with Crippen LogP contribution >= 0.6 is 24.0 Å². The molecule has 34 heavy (non-hydrogen) atoms. The Morgan fingerprint density at radius 1 is 1.03 bits per heavy atom. The molecule has 0 bridgehead atoms. The number of carbonyl (C=O) groups is 1. The molecule has 4 nitrogen and oxygen atoms in total. The van der Waals surface area contributed by atoms with Crippen molar-refractivity contribution in [2.24, 2.45) is 0 Å². The van der Waals surface area contributed by atoms with E-state index in [1.165, 1.54) is 22.9 Å². The number of thiocarbonyl (C=S) groups is 1. The topological polar surface area (TPSA) is 47.6 Å². The smallest absolute Gasteiger partial charge is 0.263 e. The number of carbonyl (C=O) groups excluding carboxylic acids is 1. The molecule has 3 aromatic rings. The van der Waals surface area contributed by atoms with Gasteiger partial charge in [0, 0.05) is 22.6 Å². The molecule has 0 spiro atoms. The molecule has 0 aliphatic carbocycles. The zero-order valence-corrected chi connectivity index (χ0v) is 20.5. The Morgan fingerprint density at radius 2 is 1.74 bits per heavy atom. The number of thioether (sulfide) groups is 1. The SMILES string of the molecule is CCOc1ccc(C2=C(/C=C3\SC(=S)NC3=O)[C@@H](c3ccccc3C)c3ccccc3O2)cc1. The number of hydrogen-bond donors (Lipinski definition) is 1. The highest BCUT2D eigenvalue weighted by atomic mass is 32.2. The van der Waals surface area contributed by atoms with Gasteiger partial charge in [-0.1, -0.05) is 66.4 Å². The summed E-state index contributed by atoms with van der Waals surface area (Å²) in [5, 5.41) is 2.72. The summed E-state index contributed by atoms with van der Waals surface area (Å²) >= 11 is 6.52. The van der Waals surface area contributed by atoms with Crippen molar-refractivity contribution in [3.05, 3.63) is 112 Å². The molecule has 1 fully saturated rings. The van der Waals surface area contributed by atoms with E-state index in [2.05, 4.69) is 30.4 Å². The van der Waals surface area contributed by atoms with Crippen LogP contribution in [0, 0.1) is 6.92 Å². The van der Waals surface area contributed by atoms with E-state index in [4.69, 9.17) is 21.7 Å². The Hall–Kier alpha value is -3.35. The third-order valence-electron chi connectivity index (χ3n) is 5.87. The molecule has 1 saturated heterocycles. The number of fused-ring (bicyclic) bond motifs is 1. The van der Waals surface area contributed by atoms with Crippen molar-refractivity contribution in [2.75, 3.05) is 6.61 Å². The minimum Gasteiger partial charge on any atom is -0.494 e. The fraction of sp³-hybridized carbons (Fsp3) is 0.143. The van der Waals surface area contributed by atoms with Crippen LogP contribution in [-0.2, 0) is 4.79 Å². The number of benzene rings is 3. The lowest BCUT2D eigenvalue weighted by Crippen LogP contribution is -2.19. The summed E-state index contributed by atoms with van der Waals surface area (Å²) in [5.74, 6) is 2.03. The van der Waals surface area contributed by atoms with Crippen molar-refractivity contribution in [1.82, 2.24) is 5.32 Å². The summed E-state index contributed by atoms with van der Waals surface area (Å²) in [4.78, 5) is 13.2. The quantitative estimate of drug-likeness (QED) is 0.337. The molecule has 1 N–H and O–H groups in total. The largest absolute Gasteiger partial charge is 0.494 e. The van der Waals surface area contributed by atoms with E-state index < -0.39 is 0 Å². The number of hydrogen-bond acceptors (Lipinski definition) is 5. The van der Waals surface area contributed by atoms with Crippen LogP contribution in [0.1, 0.15) is 35.1 Å². The lowest BCUT2D eigenvalue weighted by atomic mass is 9.79. The van der Waals surface area contributed by atoms with Gasteiger partial charge in [-0.25, -0.2) is 0 Å². The van der Waals surface area contributed by atoms with Crippen molar-refractivity contribution in [2.45, 2.75) is 19.8 Å². The van der Waals surface area contributed by atoms with Crippen LogP contribution in [0.3, 0.4) is 0 Å². The third kappa shape index (κ3) is 4.27. The first-order chi connectivity index (χ1) is 16.5. The van der Waals surface area contributed by atoms with Crippen molar-refractivity contribution in [3.8, 4) is 11.5 Å². The molecule has 0 unspecified atom stereocenters. The van der Waals surface area contributed by atoms with Gasteiger partial charge in [-0.15, -0.1) is 0 Å². The molecule has 0 radical (unpaired) electrons. The highest BCUT2D eigenvalue weighted by Crippen LogP contribution is 2.48. The highest BCUT2D eigenvalue weighted by Gasteiger charge is 2.33. The van der Waals surface area contributed by atoms with Gasteiger partial charge in [0.1, 0.15) is 21.6 Å². The van der Waals surface area contributed by atoms with Crippen LogP contribution in [-0.4, -0.2) is 16.8 Å². The lowest BCUT2D eigenvalue weighted by Gasteiger charge is -2.31. The molecule has 2 aliphatic heterocycles. The lowest BCUT2D eigenvalue weighted by molar-refractivity contribution is -0.115. The predicted molar refractivity (Wildman–Crippen MR) is 141 cm³/mol. The van der Waals surface area contributed by atoms with Gasteiger partial charge in [0.25, 0.3) is 5.91 Å². The van der Waals surface area contributed by atoms with Crippen LogP contribution in [0.15, 0.2) is 89.4 Å². The van der Waals surface area contributed by atoms with Gasteiger partial charge in [-0.2, -0.15) is 0 Å². The molecule has 170 valence electrons. The summed E-state index contributed by atoms with van der Waals surface area (Å²) in [6.07, 6.45) is 1.93. The molecule has 1 amide bonds. The molecule has 3 aromatic carbocycles. The Morgan fingerprint density at radius 3 is 2.41 bits per heavy atom. The predicted octanol–water partition coefficient (Wildman–Crippen LogP) is 6.36. The molecule has 1 atom stereocenters. The zero-order chi connectivity index (χ0) is 23.7. The summed E-state index contributed by atoms with van der Waals surface area (Å²) in [5.41, 5.74) is 5.22. The van der Waals surface area contributed by atoms with Crippen molar-refractivity contribution >= 4 is 40.0 Å². The van der Waals surface area contributed by atoms with Gasteiger partial charge in [0.2, 0.25) is 0 Å². The minimum atomic E-state index is -0.184. The van der Waals surface area contributed by atoms with Gasteiger partial charge in [-0.3, -0.25) is 4.79 Å². The average Bonchev–Trinajstić information content (AvgIpc) is 3.16. The number of nitrogens with one attached hydrogen (secondary N) is 1. The number of ether oxygens (including phenoxy) is 2. The van der Waals surface area contributed by atoms with E-state index in [-0.39, 0.29) is 11.8 Å². The number of allylic oxidation sites excluding steroid dienone is 2. The Kier molecular flexibility index (Phi) is 6.26. The van der Waals surface area contributed by atoms with Crippen LogP contribution in [0.5, 0.6) is 11.5 Å². The maximum atomic E-state index is 12.6. The first-order valence-electron chi connectivity index (χ1n) is 11.1. The third-order valence-corrected chi connectivity index (χ3v) is 7.03. The first-order valence-corrected chi connectivity index (χ1v) is 12.3. The van der Waals surface area contributed by atoms with E-state index in [1.807, 2.05) is 67.6 Å². The number of aryl methyl sites for hydroxylation is 1. The average molecular weight is 486 g/mol. The van der Waals surface area contributed by atoms with Crippen molar-refractivity contribution in [3.63, 3.8) is 0 Å². The molecule has 5 rings (SSSR count).